The van der Waals surface area contributed by atoms with Crippen LogP contribution in [0.5, 0.6) is 0 Å². The second-order valence-corrected chi connectivity index (χ2v) is 5.61. The Hall–Kier alpha value is -1.94. The highest BCUT2D eigenvalue weighted by atomic mass is 16.1. The van der Waals surface area contributed by atoms with Crippen molar-refractivity contribution >= 4 is 0 Å². The zero-order valence-corrected chi connectivity index (χ0v) is 13.2. The first-order chi connectivity index (χ1) is 9.93. The van der Waals surface area contributed by atoms with Crippen molar-refractivity contribution in [2.45, 2.75) is 46.7 Å². The molecule has 0 amide bonds. The van der Waals surface area contributed by atoms with Crippen molar-refractivity contribution in [3.05, 3.63) is 62.6 Å². The molecule has 1 aromatic heterocycles. The molecule has 0 bridgehead atoms. The summed E-state index contributed by atoms with van der Waals surface area (Å²) in [4.78, 5) is 12.5. The first-order valence-corrected chi connectivity index (χ1v) is 7.35. The third-order valence-corrected chi connectivity index (χ3v) is 3.66. The molecule has 4 heteroatoms. The zero-order valence-electron chi connectivity index (χ0n) is 13.2. The largest absolute Gasteiger partial charge is 0.320 e. The van der Waals surface area contributed by atoms with Crippen molar-refractivity contribution in [1.82, 2.24) is 9.78 Å². The lowest BCUT2D eigenvalue weighted by atomic mass is 9.95. The molecule has 2 N–H and O–H groups in total. The number of hydrogen-bond acceptors (Lipinski definition) is 3. The summed E-state index contributed by atoms with van der Waals surface area (Å²) in [5, 5.41) is 4.28. The van der Waals surface area contributed by atoms with Crippen LogP contribution < -0.4 is 11.3 Å². The molecule has 0 saturated heterocycles. The van der Waals surface area contributed by atoms with Gasteiger partial charge < -0.3 is 5.73 Å². The normalized spacial score (nSPS) is 12.4. The van der Waals surface area contributed by atoms with Crippen LogP contribution in [0.1, 0.15) is 47.3 Å². The van der Waals surface area contributed by atoms with Gasteiger partial charge in [0, 0.05) is 12.1 Å². The van der Waals surface area contributed by atoms with Gasteiger partial charge in [0.2, 0.25) is 0 Å². The molecule has 0 aliphatic heterocycles. The van der Waals surface area contributed by atoms with Gasteiger partial charge in [-0.15, -0.1) is 0 Å². The van der Waals surface area contributed by atoms with Gasteiger partial charge in [-0.1, -0.05) is 30.7 Å². The highest BCUT2D eigenvalue weighted by molar-refractivity contribution is 5.38. The maximum Gasteiger partial charge on any atom is 0.271 e. The Morgan fingerprint density at radius 2 is 1.90 bits per heavy atom. The van der Waals surface area contributed by atoms with Gasteiger partial charge in [-0.05, 0) is 44.4 Å². The summed E-state index contributed by atoms with van der Waals surface area (Å²) in [5.74, 6) is 0. The van der Waals surface area contributed by atoms with E-state index in [1.54, 1.807) is 6.07 Å². The molecule has 2 aromatic rings. The SMILES string of the molecule is CCCn1nc(C)cc(C(N)c2ccc(C)cc2C)c1=O. The second-order valence-electron chi connectivity index (χ2n) is 5.61. The van der Waals surface area contributed by atoms with E-state index in [9.17, 15) is 4.79 Å². The fourth-order valence-corrected chi connectivity index (χ4v) is 2.63. The number of rotatable bonds is 4. The molecule has 1 unspecified atom stereocenters. The quantitative estimate of drug-likeness (QED) is 0.939. The molecule has 1 atom stereocenters. The molecular weight excluding hydrogens is 262 g/mol. The van der Waals surface area contributed by atoms with Crippen LogP contribution in [0.25, 0.3) is 0 Å². The van der Waals surface area contributed by atoms with Crippen LogP contribution in [0, 0.1) is 20.8 Å². The standard InChI is InChI=1S/C17H23N3O/c1-5-8-20-17(21)15(10-13(4)19-20)16(18)14-7-6-11(2)9-12(14)3/h6-7,9-10,16H,5,8,18H2,1-4H3. The van der Waals surface area contributed by atoms with E-state index in [2.05, 4.69) is 11.2 Å². The summed E-state index contributed by atoms with van der Waals surface area (Å²) in [6, 6.07) is 7.52. The van der Waals surface area contributed by atoms with Crippen LogP contribution in [-0.2, 0) is 6.54 Å². The second kappa shape index (κ2) is 6.22. The Balaban J connectivity index is 2.52. The lowest BCUT2D eigenvalue weighted by Gasteiger charge is -2.17. The van der Waals surface area contributed by atoms with Crippen LogP contribution in [0.3, 0.4) is 0 Å². The van der Waals surface area contributed by atoms with Gasteiger partial charge in [-0.3, -0.25) is 4.79 Å². The van der Waals surface area contributed by atoms with Gasteiger partial charge in [0.1, 0.15) is 0 Å². The van der Waals surface area contributed by atoms with Gasteiger partial charge >= 0.3 is 0 Å². The smallest absolute Gasteiger partial charge is 0.271 e. The Bertz CT molecular complexity index is 704. The fraction of sp³-hybridized carbons (Fsp3) is 0.412. The number of nitrogens with two attached hydrogens (primary N) is 1. The Kier molecular flexibility index (Phi) is 4.58. The van der Waals surface area contributed by atoms with E-state index in [1.807, 2.05) is 39.8 Å². The Labute approximate surface area is 125 Å². The minimum absolute atomic E-state index is 0.0880. The van der Waals surface area contributed by atoms with E-state index < -0.39 is 6.04 Å². The number of nitrogens with zero attached hydrogens (tertiary/aromatic N) is 2. The summed E-state index contributed by atoms with van der Waals surface area (Å²) < 4.78 is 1.52. The molecule has 1 heterocycles. The predicted molar refractivity (Wildman–Crippen MR) is 85.5 cm³/mol. The molecule has 0 aliphatic rings. The van der Waals surface area contributed by atoms with Gasteiger partial charge in [0.05, 0.1) is 11.7 Å². The molecule has 1 aromatic carbocycles. The van der Waals surface area contributed by atoms with Crippen molar-refractivity contribution in [1.29, 1.82) is 0 Å². The van der Waals surface area contributed by atoms with E-state index >= 15 is 0 Å². The minimum Gasteiger partial charge on any atom is -0.320 e. The monoisotopic (exact) mass is 285 g/mol. The van der Waals surface area contributed by atoms with E-state index in [4.69, 9.17) is 5.73 Å². The van der Waals surface area contributed by atoms with Crippen LogP contribution in [0.15, 0.2) is 29.1 Å². The van der Waals surface area contributed by atoms with Crippen LogP contribution >= 0.6 is 0 Å². The summed E-state index contributed by atoms with van der Waals surface area (Å²) in [5.41, 5.74) is 11.0. The van der Waals surface area contributed by atoms with Crippen molar-refractivity contribution in [3.8, 4) is 0 Å². The lowest BCUT2D eigenvalue weighted by Crippen LogP contribution is -2.31. The zero-order chi connectivity index (χ0) is 15.6. The number of benzene rings is 1. The number of hydrogen-bond donors (Lipinski definition) is 1. The van der Waals surface area contributed by atoms with Gasteiger partial charge in [-0.25, -0.2) is 4.68 Å². The van der Waals surface area contributed by atoms with E-state index in [1.165, 1.54) is 10.2 Å². The molecular formula is C17H23N3O. The predicted octanol–water partition coefficient (Wildman–Crippen LogP) is 2.63. The average Bonchev–Trinajstić information content (AvgIpc) is 2.42. The van der Waals surface area contributed by atoms with Crippen molar-refractivity contribution in [2.75, 3.05) is 0 Å². The molecule has 4 nitrogen and oxygen atoms in total. The molecule has 0 saturated carbocycles. The lowest BCUT2D eigenvalue weighted by molar-refractivity contribution is 0.551. The Morgan fingerprint density at radius 1 is 1.19 bits per heavy atom. The third kappa shape index (κ3) is 3.22. The van der Waals surface area contributed by atoms with E-state index in [-0.39, 0.29) is 5.56 Å². The fourth-order valence-electron chi connectivity index (χ4n) is 2.63. The molecule has 0 aliphatic carbocycles. The molecule has 112 valence electrons. The molecule has 0 spiro atoms. The Morgan fingerprint density at radius 3 is 2.52 bits per heavy atom. The van der Waals surface area contributed by atoms with Crippen molar-refractivity contribution in [3.63, 3.8) is 0 Å². The van der Waals surface area contributed by atoms with Crippen molar-refractivity contribution < 1.29 is 0 Å². The van der Waals surface area contributed by atoms with Crippen molar-refractivity contribution in [2.24, 2.45) is 5.73 Å². The number of aryl methyl sites for hydroxylation is 4. The number of aromatic nitrogens is 2. The van der Waals surface area contributed by atoms with Crippen LogP contribution in [0.2, 0.25) is 0 Å². The molecule has 0 radical (unpaired) electrons. The topological polar surface area (TPSA) is 60.9 Å². The highest BCUT2D eigenvalue weighted by Gasteiger charge is 2.17. The van der Waals surface area contributed by atoms with Gasteiger partial charge in [0.25, 0.3) is 5.56 Å². The average molecular weight is 285 g/mol. The summed E-state index contributed by atoms with van der Waals surface area (Å²) in [6.45, 7) is 8.62. The first-order valence-electron chi connectivity index (χ1n) is 7.35. The van der Waals surface area contributed by atoms with E-state index in [0.717, 1.165) is 23.2 Å². The maximum absolute atomic E-state index is 12.5. The third-order valence-electron chi connectivity index (χ3n) is 3.66. The highest BCUT2D eigenvalue weighted by Crippen LogP contribution is 2.21. The summed E-state index contributed by atoms with van der Waals surface area (Å²) >= 11 is 0. The molecule has 2 rings (SSSR count). The van der Waals surface area contributed by atoms with Crippen LogP contribution in [0.4, 0.5) is 0 Å². The summed E-state index contributed by atoms with van der Waals surface area (Å²) in [7, 11) is 0. The molecule has 21 heavy (non-hydrogen) atoms. The summed E-state index contributed by atoms with van der Waals surface area (Å²) in [6.07, 6.45) is 0.870. The first kappa shape index (κ1) is 15.4. The van der Waals surface area contributed by atoms with Crippen LogP contribution in [-0.4, -0.2) is 9.78 Å². The van der Waals surface area contributed by atoms with Gasteiger partial charge in [-0.2, -0.15) is 5.10 Å². The maximum atomic E-state index is 12.5. The molecule has 0 fully saturated rings. The van der Waals surface area contributed by atoms with Gasteiger partial charge in [0.15, 0.2) is 0 Å². The minimum atomic E-state index is -0.414. The van der Waals surface area contributed by atoms with E-state index in [0.29, 0.717) is 12.1 Å².